The summed E-state index contributed by atoms with van der Waals surface area (Å²) < 4.78 is 19.5. The fourth-order valence-electron chi connectivity index (χ4n) is 3.52. The number of anilines is 1. The average Bonchev–Trinajstić information content (AvgIpc) is 3.47. The molecule has 2 aromatic carbocycles. The van der Waals surface area contributed by atoms with E-state index in [4.69, 9.17) is 16.0 Å². The van der Waals surface area contributed by atoms with Crippen LogP contribution in [0, 0.1) is 5.82 Å². The molecule has 0 saturated carbocycles. The number of Topliss-reactive ketones (excluding diaryl/α,β-unsaturated/α-hetero) is 1. The summed E-state index contributed by atoms with van der Waals surface area (Å²) in [5.41, 5.74) is 0.884. The molecule has 0 aliphatic carbocycles. The molecule has 2 aromatic heterocycles. The SMILES string of the molecule is O=C(C1=C(O)C(=O)N(c2nc3ccc(Cl)cc3s2)C1c1ccc(F)cc1)c1ccco1. The lowest BCUT2D eigenvalue weighted by atomic mass is 9.95. The Morgan fingerprint density at radius 3 is 2.68 bits per heavy atom. The van der Waals surface area contributed by atoms with Gasteiger partial charge in [0.25, 0.3) is 5.91 Å². The number of thiazole rings is 1. The molecule has 0 bridgehead atoms. The van der Waals surface area contributed by atoms with Gasteiger partial charge in [0.15, 0.2) is 16.7 Å². The molecule has 3 heterocycles. The number of aliphatic hydroxyl groups excluding tert-OH is 1. The van der Waals surface area contributed by atoms with Gasteiger partial charge in [-0.2, -0.15) is 0 Å². The molecule has 1 unspecified atom stereocenters. The predicted octanol–water partition coefficient (Wildman–Crippen LogP) is 5.46. The summed E-state index contributed by atoms with van der Waals surface area (Å²) in [7, 11) is 0. The highest BCUT2D eigenvalue weighted by Gasteiger charge is 2.46. The van der Waals surface area contributed by atoms with Crippen molar-refractivity contribution >= 4 is 50.0 Å². The van der Waals surface area contributed by atoms with E-state index in [2.05, 4.69) is 4.98 Å². The Kier molecular flexibility index (Phi) is 4.60. The predicted molar refractivity (Wildman–Crippen MR) is 114 cm³/mol. The Hall–Kier alpha value is -3.49. The van der Waals surface area contributed by atoms with Crippen LogP contribution in [-0.2, 0) is 4.79 Å². The number of amides is 1. The van der Waals surface area contributed by atoms with Crippen LogP contribution < -0.4 is 4.90 Å². The van der Waals surface area contributed by atoms with Crippen LogP contribution in [0.5, 0.6) is 0 Å². The first-order valence-corrected chi connectivity index (χ1v) is 10.3. The number of carbonyl (C=O) groups excluding carboxylic acids is 2. The summed E-state index contributed by atoms with van der Waals surface area (Å²) in [4.78, 5) is 31.9. The molecular formula is C22H12ClFN2O4S. The number of furan rings is 1. The molecule has 1 atom stereocenters. The summed E-state index contributed by atoms with van der Waals surface area (Å²) >= 11 is 7.25. The second kappa shape index (κ2) is 7.33. The van der Waals surface area contributed by atoms with Crippen LogP contribution in [0.2, 0.25) is 5.02 Å². The Bertz CT molecular complexity index is 1360. The molecule has 0 fully saturated rings. The highest BCUT2D eigenvalue weighted by Crippen LogP contribution is 2.44. The molecular weight excluding hydrogens is 443 g/mol. The lowest BCUT2D eigenvalue weighted by Crippen LogP contribution is -2.30. The van der Waals surface area contributed by atoms with Gasteiger partial charge in [0, 0.05) is 5.02 Å². The third-order valence-electron chi connectivity index (χ3n) is 4.93. The molecule has 1 amide bonds. The molecule has 154 valence electrons. The number of hydrogen-bond donors (Lipinski definition) is 1. The first-order valence-electron chi connectivity index (χ1n) is 9.10. The number of rotatable bonds is 4. The third-order valence-corrected chi connectivity index (χ3v) is 6.18. The van der Waals surface area contributed by atoms with Crippen molar-refractivity contribution < 1.29 is 23.5 Å². The minimum atomic E-state index is -1.01. The normalized spacial score (nSPS) is 16.5. The third kappa shape index (κ3) is 3.20. The van der Waals surface area contributed by atoms with Crippen LogP contribution >= 0.6 is 22.9 Å². The molecule has 9 heteroatoms. The fourth-order valence-corrected chi connectivity index (χ4v) is 4.79. The number of ketones is 1. The van der Waals surface area contributed by atoms with E-state index in [-0.39, 0.29) is 16.5 Å². The van der Waals surface area contributed by atoms with Crippen LogP contribution in [0.4, 0.5) is 9.52 Å². The highest BCUT2D eigenvalue weighted by atomic mass is 35.5. The number of aromatic nitrogens is 1. The quantitative estimate of drug-likeness (QED) is 0.414. The Morgan fingerprint density at radius 2 is 1.97 bits per heavy atom. The molecule has 31 heavy (non-hydrogen) atoms. The van der Waals surface area contributed by atoms with E-state index in [1.807, 2.05) is 0 Å². The Morgan fingerprint density at radius 1 is 1.19 bits per heavy atom. The summed E-state index contributed by atoms with van der Waals surface area (Å²) in [6.45, 7) is 0. The van der Waals surface area contributed by atoms with Gasteiger partial charge in [-0.1, -0.05) is 35.1 Å². The van der Waals surface area contributed by atoms with E-state index >= 15 is 0 Å². The monoisotopic (exact) mass is 454 g/mol. The molecule has 1 aliphatic heterocycles. The first kappa shape index (κ1) is 19.5. The van der Waals surface area contributed by atoms with Gasteiger partial charge in [0.05, 0.1) is 28.1 Å². The highest BCUT2D eigenvalue weighted by molar-refractivity contribution is 7.22. The minimum absolute atomic E-state index is 0.0283. The summed E-state index contributed by atoms with van der Waals surface area (Å²) in [5, 5.41) is 11.5. The van der Waals surface area contributed by atoms with Gasteiger partial charge in [-0.05, 0) is 48.0 Å². The van der Waals surface area contributed by atoms with Crippen molar-refractivity contribution in [2.24, 2.45) is 0 Å². The number of hydrogen-bond acceptors (Lipinski definition) is 6. The number of carbonyl (C=O) groups is 2. The lowest BCUT2D eigenvalue weighted by molar-refractivity contribution is -0.117. The van der Waals surface area contributed by atoms with Gasteiger partial charge in [-0.15, -0.1) is 0 Å². The number of benzene rings is 2. The molecule has 0 saturated heterocycles. The van der Waals surface area contributed by atoms with Crippen molar-refractivity contribution in [3.05, 3.63) is 94.4 Å². The molecule has 0 radical (unpaired) electrons. The van der Waals surface area contributed by atoms with Crippen molar-refractivity contribution in [1.29, 1.82) is 0 Å². The van der Waals surface area contributed by atoms with Gasteiger partial charge in [-0.3, -0.25) is 14.5 Å². The second-order valence-electron chi connectivity index (χ2n) is 6.81. The molecule has 1 N–H and O–H groups in total. The van der Waals surface area contributed by atoms with Crippen LogP contribution in [0.1, 0.15) is 22.2 Å². The standard InChI is InChI=1S/C22H12ClFN2O4S/c23-12-5-8-14-16(10-12)31-22(25-14)26-18(11-3-6-13(24)7-4-11)17(20(28)21(26)29)19(27)15-2-1-9-30-15/h1-10,18,28H. The maximum atomic E-state index is 13.6. The van der Waals surface area contributed by atoms with Crippen LogP contribution in [0.3, 0.4) is 0 Å². The average molecular weight is 455 g/mol. The summed E-state index contributed by atoms with van der Waals surface area (Å²) in [6, 6.07) is 12.4. The maximum absolute atomic E-state index is 13.6. The number of halogens is 2. The largest absolute Gasteiger partial charge is 0.503 e. The second-order valence-corrected chi connectivity index (χ2v) is 8.25. The van der Waals surface area contributed by atoms with Gasteiger partial charge >= 0.3 is 0 Å². The molecule has 0 spiro atoms. The summed E-state index contributed by atoms with van der Waals surface area (Å²) in [6.07, 6.45) is 1.32. The van der Waals surface area contributed by atoms with E-state index in [1.54, 1.807) is 18.2 Å². The van der Waals surface area contributed by atoms with Gasteiger partial charge in [0.1, 0.15) is 5.82 Å². The number of fused-ring (bicyclic) bond motifs is 1. The smallest absolute Gasteiger partial charge is 0.296 e. The Labute approximate surface area is 183 Å². The van der Waals surface area contributed by atoms with Gasteiger partial charge in [-0.25, -0.2) is 9.37 Å². The lowest BCUT2D eigenvalue weighted by Gasteiger charge is -2.24. The molecule has 1 aliphatic rings. The number of nitrogens with zero attached hydrogens (tertiary/aromatic N) is 2. The van der Waals surface area contributed by atoms with Gasteiger partial charge < -0.3 is 9.52 Å². The van der Waals surface area contributed by atoms with Crippen LogP contribution in [0.15, 0.2) is 76.6 Å². The fraction of sp³-hybridized carbons (Fsp3) is 0.0455. The molecule has 6 nitrogen and oxygen atoms in total. The number of aliphatic hydroxyl groups is 1. The Balaban J connectivity index is 1.68. The maximum Gasteiger partial charge on any atom is 0.296 e. The molecule has 5 rings (SSSR count). The van der Waals surface area contributed by atoms with E-state index in [0.717, 1.165) is 4.70 Å². The van der Waals surface area contributed by atoms with E-state index < -0.39 is 29.3 Å². The van der Waals surface area contributed by atoms with Gasteiger partial charge in [0.2, 0.25) is 5.78 Å². The van der Waals surface area contributed by atoms with Crippen molar-refractivity contribution in [3.63, 3.8) is 0 Å². The van der Waals surface area contributed by atoms with Crippen LogP contribution in [0.25, 0.3) is 10.2 Å². The van der Waals surface area contributed by atoms with Crippen molar-refractivity contribution in [2.75, 3.05) is 4.90 Å². The van der Waals surface area contributed by atoms with E-state index in [9.17, 15) is 19.1 Å². The first-order chi connectivity index (χ1) is 14.9. The summed E-state index contributed by atoms with van der Waals surface area (Å²) in [5.74, 6) is -2.63. The zero-order valence-corrected chi connectivity index (χ0v) is 17.2. The minimum Gasteiger partial charge on any atom is -0.503 e. The topological polar surface area (TPSA) is 83.6 Å². The van der Waals surface area contributed by atoms with Crippen LogP contribution in [-0.4, -0.2) is 21.8 Å². The molecule has 4 aromatic rings. The zero-order valence-electron chi connectivity index (χ0n) is 15.6. The van der Waals surface area contributed by atoms with Crippen molar-refractivity contribution in [1.82, 2.24) is 4.98 Å². The zero-order chi connectivity index (χ0) is 21.7. The van der Waals surface area contributed by atoms with Crippen molar-refractivity contribution in [2.45, 2.75) is 6.04 Å². The van der Waals surface area contributed by atoms with Crippen molar-refractivity contribution in [3.8, 4) is 0 Å². The van der Waals surface area contributed by atoms with E-state index in [0.29, 0.717) is 16.1 Å². The van der Waals surface area contributed by atoms with E-state index in [1.165, 1.54) is 58.9 Å².